The molecule has 1 N–H and O–H groups in total. The van der Waals surface area contributed by atoms with E-state index in [0.29, 0.717) is 0 Å². The minimum absolute atomic E-state index is 0.317. The monoisotopic (exact) mass is 268 g/mol. The number of aliphatic hydroxyl groups is 1. The lowest BCUT2D eigenvalue weighted by Crippen LogP contribution is -2.28. The van der Waals surface area contributed by atoms with Crippen molar-refractivity contribution in [2.75, 3.05) is 0 Å². The standard InChI is InChI=1S/C18H36O/c1-2-3-4-5-9-12-15-18(19)16-13-10-7-6-8-11-14-17-18/h19H,2-17H2,1H3. The van der Waals surface area contributed by atoms with Crippen molar-refractivity contribution in [2.45, 2.75) is 115 Å². The van der Waals surface area contributed by atoms with Crippen LogP contribution < -0.4 is 0 Å². The normalized spacial score (nSPS) is 21.2. The average Bonchev–Trinajstić information content (AvgIpc) is 2.41. The maximum Gasteiger partial charge on any atom is 0.0647 e. The van der Waals surface area contributed by atoms with Crippen molar-refractivity contribution in [3.8, 4) is 0 Å². The van der Waals surface area contributed by atoms with Crippen LogP contribution >= 0.6 is 0 Å². The Bertz CT molecular complexity index is 190. The lowest BCUT2D eigenvalue weighted by molar-refractivity contribution is 0.00620. The third-order valence-electron chi connectivity index (χ3n) is 4.78. The summed E-state index contributed by atoms with van der Waals surface area (Å²) in [7, 11) is 0. The third kappa shape index (κ3) is 8.68. The van der Waals surface area contributed by atoms with Gasteiger partial charge in [-0.1, -0.05) is 90.4 Å². The summed E-state index contributed by atoms with van der Waals surface area (Å²) in [6.07, 6.45) is 20.5. The predicted molar refractivity (Wildman–Crippen MR) is 84.5 cm³/mol. The number of rotatable bonds is 7. The van der Waals surface area contributed by atoms with Gasteiger partial charge < -0.3 is 5.11 Å². The molecular weight excluding hydrogens is 232 g/mol. The van der Waals surface area contributed by atoms with E-state index in [2.05, 4.69) is 6.92 Å². The van der Waals surface area contributed by atoms with Crippen LogP contribution in [-0.4, -0.2) is 10.7 Å². The van der Waals surface area contributed by atoms with Crippen molar-refractivity contribution in [3.63, 3.8) is 0 Å². The van der Waals surface area contributed by atoms with Crippen LogP contribution in [0.1, 0.15) is 110 Å². The third-order valence-corrected chi connectivity index (χ3v) is 4.78. The Kier molecular flexibility index (Phi) is 9.59. The molecule has 1 aliphatic rings. The molecular formula is C18H36O. The zero-order valence-corrected chi connectivity index (χ0v) is 13.3. The minimum atomic E-state index is -0.317. The molecule has 0 bridgehead atoms. The van der Waals surface area contributed by atoms with Gasteiger partial charge in [0, 0.05) is 0 Å². The first-order valence-corrected chi connectivity index (χ1v) is 8.99. The van der Waals surface area contributed by atoms with Crippen molar-refractivity contribution in [2.24, 2.45) is 0 Å². The van der Waals surface area contributed by atoms with Crippen molar-refractivity contribution in [1.29, 1.82) is 0 Å². The van der Waals surface area contributed by atoms with Gasteiger partial charge in [0.15, 0.2) is 0 Å². The van der Waals surface area contributed by atoms with E-state index in [0.717, 1.165) is 19.3 Å². The first-order chi connectivity index (χ1) is 9.27. The van der Waals surface area contributed by atoms with Crippen LogP contribution in [-0.2, 0) is 0 Å². The molecule has 0 spiro atoms. The molecule has 1 nitrogen and oxygen atoms in total. The van der Waals surface area contributed by atoms with E-state index in [9.17, 15) is 5.11 Å². The van der Waals surface area contributed by atoms with Gasteiger partial charge in [-0.3, -0.25) is 0 Å². The molecule has 0 unspecified atom stereocenters. The molecule has 0 heterocycles. The highest BCUT2D eigenvalue weighted by Gasteiger charge is 2.25. The topological polar surface area (TPSA) is 20.2 Å². The number of hydrogen-bond acceptors (Lipinski definition) is 1. The van der Waals surface area contributed by atoms with Crippen molar-refractivity contribution >= 4 is 0 Å². The molecule has 1 saturated carbocycles. The lowest BCUT2D eigenvalue weighted by Gasteiger charge is -2.29. The molecule has 114 valence electrons. The van der Waals surface area contributed by atoms with E-state index in [-0.39, 0.29) is 5.60 Å². The van der Waals surface area contributed by atoms with E-state index < -0.39 is 0 Å². The molecule has 0 amide bonds. The smallest absolute Gasteiger partial charge is 0.0647 e. The van der Waals surface area contributed by atoms with E-state index in [4.69, 9.17) is 0 Å². The quantitative estimate of drug-likeness (QED) is 0.562. The molecule has 1 heteroatoms. The first-order valence-electron chi connectivity index (χ1n) is 8.99. The molecule has 0 radical (unpaired) electrons. The SMILES string of the molecule is CCCCCCCCC1(O)CCCCCCCCC1. The van der Waals surface area contributed by atoms with Crippen LogP contribution in [0.5, 0.6) is 0 Å². The summed E-state index contributed by atoms with van der Waals surface area (Å²) in [5.41, 5.74) is -0.317. The predicted octanol–water partition coefficient (Wildman–Crippen LogP) is 5.99. The summed E-state index contributed by atoms with van der Waals surface area (Å²) < 4.78 is 0. The molecule has 0 aromatic carbocycles. The van der Waals surface area contributed by atoms with Crippen molar-refractivity contribution < 1.29 is 5.11 Å². The van der Waals surface area contributed by atoms with Gasteiger partial charge in [0.25, 0.3) is 0 Å². The Balaban J connectivity index is 2.17. The fraction of sp³-hybridized carbons (Fsp3) is 1.00. The Hall–Kier alpha value is -0.0400. The highest BCUT2D eigenvalue weighted by molar-refractivity contribution is 4.79. The zero-order valence-electron chi connectivity index (χ0n) is 13.3. The van der Waals surface area contributed by atoms with Crippen LogP contribution in [0.15, 0.2) is 0 Å². The Labute approximate surface area is 121 Å². The zero-order chi connectivity index (χ0) is 13.8. The van der Waals surface area contributed by atoms with Crippen LogP contribution in [0.25, 0.3) is 0 Å². The highest BCUT2D eigenvalue weighted by Crippen LogP contribution is 2.30. The second kappa shape index (κ2) is 10.7. The maximum absolute atomic E-state index is 10.8. The Morgan fingerprint density at radius 2 is 1.16 bits per heavy atom. The summed E-state index contributed by atoms with van der Waals surface area (Å²) >= 11 is 0. The molecule has 1 rings (SSSR count). The van der Waals surface area contributed by atoms with Gasteiger partial charge in [0.1, 0.15) is 0 Å². The molecule has 0 aromatic heterocycles. The van der Waals surface area contributed by atoms with Gasteiger partial charge >= 0.3 is 0 Å². The molecule has 1 aliphatic carbocycles. The maximum atomic E-state index is 10.8. The molecule has 1 fully saturated rings. The van der Waals surface area contributed by atoms with E-state index in [1.54, 1.807) is 0 Å². The lowest BCUT2D eigenvalue weighted by atomic mass is 9.84. The fourth-order valence-corrected chi connectivity index (χ4v) is 3.40. The van der Waals surface area contributed by atoms with Gasteiger partial charge in [-0.25, -0.2) is 0 Å². The number of unbranched alkanes of at least 4 members (excludes halogenated alkanes) is 5. The van der Waals surface area contributed by atoms with Crippen molar-refractivity contribution in [1.82, 2.24) is 0 Å². The molecule has 0 aliphatic heterocycles. The van der Waals surface area contributed by atoms with Crippen LogP contribution in [0, 0.1) is 0 Å². The van der Waals surface area contributed by atoms with Crippen LogP contribution in [0.2, 0.25) is 0 Å². The summed E-state index contributed by atoms with van der Waals surface area (Å²) in [4.78, 5) is 0. The molecule has 0 saturated heterocycles. The number of hydrogen-bond donors (Lipinski definition) is 1. The van der Waals surface area contributed by atoms with E-state index >= 15 is 0 Å². The van der Waals surface area contributed by atoms with Gasteiger partial charge in [0.05, 0.1) is 5.60 Å². The molecule has 0 aromatic rings. The fourth-order valence-electron chi connectivity index (χ4n) is 3.40. The van der Waals surface area contributed by atoms with Gasteiger partial charge in [0.2, 0.25) is 0 Å². The largest absolute Gasteiger partial charge is 0.390 e. The molecule has 0 atom stereocenters. The van der Waals surface area contributed by atoms with Gasteiger partial charge in [-0.05, 0) is 19.3 Å². The summed E-state index contributed by atoms with van der Waals surface area (Å²) in [5.74, 6) is 0. The second-order valence-corrected chi connectivity index (χ2v) is 6.72. The summed E-state index contributed by atoms with van der Waals surface area (Å²) in [5, 5.41) is 10.8. The van der Waals surface area contributed by atoms with Crippen LogP contribution in [0.4, 0.5) is 0 Å². The average molecular weight is 268 g/mol. The van der Waals surface area contributed by atoms with E-state index in [1.807, 2.05) is 0 Å². The molecule has 19 heavy (non-hydrogen) atoms. The van der Waals surface area contributed by atoms with E-state index in [1.165, 1.54) is 83.5 Å². The summed E-state index contributed by atoms with van der Waals surface area (Å²) in [6.45, 7) is 2.27. The summed E-state index contributed by atoms with van der Waals surface area (Å²) in [6, 6.07) is 0. The van der Waals surface area contributed by atoms with Crippen molar-refractivity contribution in [3.05, 3.63) is 0 Å². The minimum Gasteiger partial charge on any atom is -0.390 e. The van der Waals surface area contributed by atoms with Crippen LogP contribution in [0.3, 0.4) is 0 Å². The van der Waals surface area contributed by atoms with Gasteiger partial charge in [-0.2, -0.15) is 0 Å². The second-order valence-electron chi connectivity index (χ2n) is 6.72. The van der Waals surface area contributed by atoms with Gasteiger partial charge in [-0.15, -0.1) is 0 Å². The Morgan fingerprint density at radius 1 is 0.684 bits per heavy atom. The first kappa shape index (κ1) is 17.0. The highest BCUT2D eigenvalue weighted by atomic mass is 16.3. The Morgan fingerprint density at radius 3 is 1.74 bits per heavy atom.